The molecule has 1 aliphatic rings. The first-order chi connectivity index (χ1) is 11.9. The average molecular weight is 355 g/mol. The highest BCUT2D eigenvalue weighted by atomic mass is 35.5. The highest BCUT2D eigenvalue weighted by Crippen LogP contribution is 2.45. The van der Waals surface area contributed by atoms with E-state index < -0.39 is 0 Å². The molecule has 2 aromatic rings. The molecular formula is C22H27ClN2. The topological polar surface area (TPSA) is 15.6 Å². The first-order valence-electron chi connectivity index (χ1n) is 9.12. The second-order valence-corrected chi connectivity index (χ2v) is 8.00. The molecule has 0 aromatic heterocycles. The molecule has 1 heterocycles. The minimum absolute atomic E-state index is 0.158. The summed E-state index contributed by atoms with van der Waals surface area (Å²) in [4.78, 5) is 7.09. The van der Waals surface area contributed by atoms with Gasteiger partial charge in [0.2, 0.25) is 0 Å². The predicted octanol–water partition coefficient (Wildman–Crippen LogP) is 6.59. The highest BCUT2D eigenvalue weighted by molar-refractivity contribution is 6.33. The van der Waals surface area contributed by atoms with E-state index in [4.69, 9.17) is 11.6 Å². The lowest BCUT2D eigenvalue weighted by Gasteiger charge is -2.47. The monoisotopic (exact) mass is 354 g/mol. The van der Waals surface area contributed by atoms with E-state index in [1.807, 2.05) is 36.5 Å². The molecule has 1 atom stereocenters. The van der Waals surface area contributed by atoms with Crippen LogP contribution < -0.4 is 4.90 Å². The lowest BCUT2D eigenvalue weighted by atomic mass is 9.79. The van der Waals surface area contributed by atoms with Crippen LogP contribution in [0.2, 0.25) is 5.02 Å². The third kappa shape index (κ3) is 3.74. The van der Waals surface area contributed by atoms with Crippen LogP contribution in [-0.2, 0) is 0 Å². The molecule has 0 saturated carbocycles. The van der Waals surface area contributed by atoms with Gasteiger partial charge in [-0.15, -0.1) is 0 Å². The number of nitrogens with zero attached hydrogens (tertiary/aromatic N) is 2. The minimum atomic E-state index is 0.158. The molecule has 25 heavy (non-hydrogen) atoms. The maximum Gasteiger partial charge on any atom is 0.0629 e. The first kappa shape index (κ1) is 18.0. The van der Waals surface area contributed by atoms with Gasteiger partial charge in [0.25, 0.3) is 0 Å². The lowest BCUT2D eigenvalue weighted by Crippen LogP contribution is -2.48. The van der Waals surface area contributed by atoms with Gasteiger partial charge in [-0.2, -0.15) is 0 Å². The Labute approximate surface area is 156 Å². The Hall–Kier alpha value is -1.80. The van der Waals surface area contributed by atoms with Crippen LogP contribution in [0.3, 0.4) is 0 Å². The molecule has 0 N–H and O–H groups in total. The predicted molar refractivity (Wildman–Crippen MR) is 110 cm³/mol. The fraction of sp³-hybridized carbons (Fsp3) is 0.409. The van der Waals surface area contributed by atoms with Gasteiger partial charge in [0, 0.05) is 29.5 Å². The number of anilines is 1. The van der Waals surface area contributed by atoms with Crippen molar-refractivity contribution < 1.29 is 0 Å². The Morgan fingerprint density at radius 2 is 1.96 bits per heavy atom. The molecule has 1 unspecified atom stereocenters. The smallest absolute Gasteiger partial charge is 0.0629 e. The summed E-state index contributed by atoms with van der Waals surface area (Å²) in [5, 5.41) is 0.768. The Balaban J connectivity index is 2.00. The Morgan fingerprint density at radius 3 is 2.64 bits per heavy atom. The summed E-state index contributed by atoms with van der Waals surface area (Å²) in [6, 6.07) is 14.3. The van der Waals surface area contributed by atoms with Gasteiger partial charge >= 0.3 is 0 Å². The summed E-state index contributed by atoms with van der Waals surface area (Å²) >= 11 is 6.62. The van der Waals surface area contributed by atoms with Crippen LogP contribution >= 0.6 is 11.6 Å². The molecule has 3 rings (SSSR count). The molecule has 0 spiro atoms. The Kier molecular flexibility index (Phi) is 5.19. The molecule has 132 valence electrons. The zero-order valence-electron chi connectivity index (χ0n) is 15.6. The molecule has 2 aromatic carbocycles. The van der Waals surface area contributed by atoms with Crippen molar-refractivity contribution in [1.82, 2.24) is 0 Å². The molecule has 2 nitrogen and oxygen atoms in total. The fourth-order valence-corrected chi connectivity index (χ4v) is 4.13. The van der Waals surface area contributed by atoms with Gasteiger partial charge in [0.05, 0.1) is 10.7 Å². The van der Waals surface area contributed by atoms with Gasteiger partial charge in [-0.05, 0) is 62.4 Å². The second-order valence-electron chi connectivity index (χ2n) is 7.60. The summed E-state index contributed by atoms with van der Waals surface area (Å²) in [7, 11) is 0. The lowest BCUT2D eigenvalue weighted by molar-refractivity contribution is 0.376. The van der Waals surface area contributed by atoms with Crippen molar-refractivity contribution >= 4 is 29.2 Å². The SMILES string of the molecule is CCCN1c2cc(Cl)c(C=Nc3ccccc3)cc2C(C)CC1(C)C. The van der Waals surface area contributed by atoms with E-state index in [9.17, 15) is 0 Å². The Morgan fingerprint density at radius 1 is 1.24 bits per heavy atom. The zero-order chi connectivity index (χ0) is 18.0. The number of aliphatic imine (C=N–C) groups is 1. The molecule has 1 aliphatic heterocycles. The van der Waals surface area contributed by atoms with Crippen molar-refractivity contribution in [2.45, 2.75) is 52.0 Å². The fourth-order valence-electron chi connectivity index (χ4n) is 3.92. The molecule has 0 bridgehead atoms. The molecular weight excluding hydrogens is 328 g/mol. The maximum absolute atomic E-state index is 6.62. The summed E-state index contributed by atoms with van der Waals surface area (Å²) in [6.45, 7) is 10.3. The van der Waals surface area contributed by atoms with E-state index in [1.54, 1.807) is 0 Å². The van der Waals surface area contributed by atoms with Crippen LogP contribution in [-0.4, -0.2) is 18.3 Å². The molecule has 0 saturated heterocycles. The van der Waals surface area contributed by atoms with Crippen molar-refractivity contribution in [2.75, 3.05) is 11.4 Å². The van der Waals surface area contributed by atoms with Crippen LogP contribution in [0.15, 0.2) is 47.5 Å². The first-order valence-corrected chi connectivity index (χ1v) is 9.50. The van der Waals surface area contributed by atoms with Crippen molar-refractivity contribution in [3.63, 3.8) is 0 Å². The van der Waals surface area contributed by atoms with Crippen molar-refractivity contribution in [1.29, 1.82) is 0 Å². The number of hydrogen-bond donors (Lipinski definition) is 0. The summed E-state index contributed by atoms with van der Waals surface area (Å²) in [6.07, 6.45) is 4.16. The third-order valence-corrected chi connectivity index (χ3v) is 5.39. The normalized spacial score (nSPS) is 19.2. The van der Waals surface area contributed by atoms with E-state index in [0.717, 1.165) is 35.7 Å². The van der Waals surface area contributed by atoms with Crippen molar-refractivity contribution in [2.24, 2.45) is 4.99 Å². The molecule has 0 fully saturated rings. The van der Waals surface area contributed by atoms with Gasteiger partial charge < -0.3 is 4.90 Å². The van der Waals surface area contributed by atoms with Crippen molar-refractivity contribution in [3.05, 3.63) is 58.6 Å². The van der Waals surface area contributed by atoms with Gasteiger partial charge in [-0.25, -0.2) is 0 Å². The van der Waals surface area contributed by atoms with Gasteiger partial charge in [-0.3, -0.25) is 4.99 Å². The van der Waals surface area contributed by atoms with Crippen LogP contribution in [0.4, 0.5) is 11.4 Å². The summed E-state index contributed by atoms with van der Waals surface area (Å²) in [5.41, 5.74) is 4.76. The van der Waals surface area contributed by atoms with E-state index >= 15 is 0 Å². The number of fused-ring (bicyclic) bond motifs is 1. The number of para-hydroxylation sites is 1. The van der Waals surface area contributed by atoms with Crippen LogP contribution in [0.25, 0.3) is 0 Å². The largest absolute Gasteiger partial charge is 0.366 e. The average Bonchev–Trinajstić information content (AvgIpc) is 2.57. The second kappa shape index (κ2) is 7.21. The number of rotatable bonds is 4. The van der Waals surface area contributed by atoms with Crippen LogP contribution in [0, 0.1) is 0 Å². The standard InChI is InChI=1S/C22H27ClN2/c1-5-11-25-21-13-20(23)17(15-24-18-9-7-6-8-10-18)12-19(21)16(2)14-22(25,3)4/h6-10,12-13,15-16H,5,11,14H2,1-4H3. The van der Waals surface area contributed by atoms with Gasteiger partial charge in [0.15, 0.2) is 0 Å². The molecule has 0 aliphatic carbocycles. The van der Waals surface area contributed by atoms with Gasteiger partial charge in [0.1, 0.15) is 0 Å². The number of hydrogen-bond acceptors (Lipinski definition) is 2. The van der Waals surface area contributed by atoms with Crippen LogP contribution in [0.1, 0.15) is 57.6 Å². The summed E-state index contributed by atoms with van der Waals surface area (Å²) < 4.78 is 0. The highest BCUT2D eigenvalue weighted by Gasteiger charge is 2.36. The van der Waals surface area contributed by atoms with Crippen LogP contribution in [0.5, 0.6) is 0 Å². The minimum Gasteiger partial charge on any atom is -0.366 e. The maximum atomic E-state index is 6.62. The summed E-state index contributed by atoms with van der Waals surface area (Å²) in [5.74, 6) is 0.513. The third-order valence-electron chi connectivity index (χ3n) is 5.06. The number of benzene rings is 2. The quantitative estimate of drug-likeness (QED) is 0.565. The molecule has 0 amide bonds. The molecule has 3 heteroatoms. The number of halogens is 1. The van der Waals surface area contributed by atoms with E-state index in [2.05, 4.69) is 49.7 Å². The van der Waals surface area contributed by atoms with E-state index in [0.29, 0.717) is 5.92 Å². The Bertz CT molecular complexity index is 765. The zero-order valence-corrected chi connectivity index (χ0v) is 16.3. The van der Waals surface area contributed by atoms with Gasteiger partial charge in [-0.1, -0.05) is 43.6 Å². The van der Waals surface area contributed by atoms with E-state index in [-0.39, 0.29) is 5.54 Å². The van der Waals surface area contributed by atoms with Crippen molar-refractivity contribution in [3.8, 4) is 0 Å². The van der Waals surface area contributed by atoms with E-state index in [1.165, 1.54) is 11.3 Å². The molecule has 0 radical (unpaired) electrons.